The van der Waals surface area contributed by atoms with Crippen LogP contribution in [0.25, 0.3) is 16.7 Å². The summed E-state index contributed by atoms with van der Waals surface area (Å²) in [6.07, 6.45) is 15.2. The van der Waals surface area contributed by atoms with E-state index in [1.54, 1.807) is 0 Å². The first kappa shape index (κ1) is 29.0. The Hall–Kier alpha value is -5.19. The highest BCUT2D eigenvalue weighted by Crippen LogP contribution is 2.60. The molecule has 3 unspecified atom stereocenters. The Morgan fingerprint density at radius 1 is 0.771 bits per heavy atom. The van der Waals surface area contributed by atoms with E-state index in [2.05, 4.69) is 131 Å². The molecule has 0 aromatic heterocycles. The number of aliphatic hydroxyl groups is 1. The predicted octanol–water partition coefficient (Wildman–Crippen LogP) is 8.85. The minimum atomic E-state index is -1.67. The van der Waals surface area contributed by atoms with Crippen molar-refractivity contribution in [1.29, 1.82) is 0 Å². The molecule has 0 saturated carbocycles. The first-order chi connectivity index (χ1) is 23.1. The first-order valence-corrected chi connectivity index (χ1v) is 16.8. The number of allylic oxidation sites excluding steroid dienone is 5. The number of rotatable bonds is 3. The zero-order valence-electron chi connectivity index (χ0n) is 28.0. The number of hydrogen-bond donors (Lipinski definition) is 1. The number of benzene rings is 4. The molecule has 4 aromatic carbocycles. The smallest absolute Gasteiger partial charge is 0.249 e. The van der Waals surface area contributed by atoms with Crippen LogP contribution >= 0.6 is 0 Å². The molecule has 0 bridgehead atoms. The van der Waals surface area contributed by atoms with Gasteiger partial charge >= 0.3 is 0 Å². The van der Waals surface area contributed by atoms with Crippen molar-refractivity contribution < 1.29 is 9.90 Å². The fraction of sp³-hybridized carbons (Fsp3) is 0.205. The lowest BCUT2D eigenvalue weighted by molar-refractivity contribution is -0.121. The molecule has 236 valence electrons. The molecule has 3 heterocycles. The van der Waals surface area contributed by atoms with Crippen LogP contribution in [0.15, 0.2) is 127 Å². The number of anilines is 1. The van der Waals surface area contributed by atoms with Gasteiger partial charge in [-0.3, -0.25) is 4.79 Å². The summed E-state index contributed by atoms with van der Waals surface area (Å²) < 4.78 is 0. The van der Waals surface area contributed by atoms with E-state index in [0.29, 0.717) is 5.70 Å². The van der Waals surface area contributed by atoms with Crippen molar-refractivity contribution in [2.24, 2.45) is 0 Å². The third-order valence-electron chi connectivity index (χ3n) is 11.2. The summed E-state index contributed by atoms with van der Waals surface area (Å²) in [7, 11) is 0. The lowest BCUT2D eigenvalue weighted by Crippen LogP contribution is -2.60. The van der Waals surface area contributed by atoms with Gasteiger partial charge in [-0.25, -0.2) is 0 Å². The average molecular weight is 627 g/mol. The molecule has 0 saturated heterocycles. The van der Waals surface area contributed by atoms with Gasteiger partial charge in [0.05, 0.1) is 17.8 Å². The van der Waals surface area contributed by atoms with E-state index in [9.17, 15) is 9.90 Å². The fourth-order valence-electron chi connectivity index (χ4n) is 9.15. The molecule has 5 aliphatic rings. The maximum atomic E-state index is 13.8. The van der Waals surface area contributed by atoms with Crippen LogP contribution in [0.2, 0.25) is 0 Å². The highest BCUT2D eigenvalue weighted by atomic mass is 16.3. The van der Waals surface area contributed by atoms with Gasteiger partial charge in [-0.2, -0.15) is 0 Å². The molecule has 9 rings (SSSR count). The summed E-state index contributed by atoms with van der Waals surface area (Å²) in [6.45, 7) is 10.9. The number of fused-ring (bicyclic) bond motifs is 9. The van der Waals surface area contributed by atoms with Crippen molar-refractivity contribution in [3.05, 3.63) is 177 Å². The summed E-state index contributed by atoms with van der Waals surface area (Å²) >= 11 is 0. The topological polar surface area (TPSA) is 43.8 Å². The minimum absolute atomic E-state index is 0.232. The summed E-state index contributed by atoms with van der Waals surface area (Å²) in [6, 6.07) is 25.9. The molecule has 0 radical (unpaired) electrons. The van der Waals surface area contributed by atoms with E-state index in [0.717, 1.165) is 56.5 Å². The molecule has 3 atom stereocenters. The van der Waals surface area contributed by atoms with E-state index in [1.165, 1.54) is 27.8 Å². The zero-order chi connectivity index (χ0) is 33.1. The van der Waals surface area contributed by atoms with Crippen LogP contribution in [0.5, 0.6) is 0 Å². The zero-order valence-corrected chi connectivity index (χ0v) is 28.0. The van der Waals surface area contributed by atoms with Crippen LogP contribution < -0.4 is 4.90 Å². The number of hydrogen-bond acceptors (Lipinski definition) is 4. The Labute approximate surface area is 282 Å². The SMILES string of the molecule is Cc1cccc(C2=CC3c4cc(C)cc(C)c4C(O)(N4C(C=O)=CC=C5C=CC=CC54)N3c3cc4c(cc32)-c2ccccc2C4(C)C)c1. The Balaban J connectivity index is 1.38. The highest BCUT2D eigenvalue weighted by molar-refractivity contribution is 5.96. The summed E-state index contributed by atoms with van der Waals surface area (Å²) in [5, 5.41) is 13.8. The second-order valence-electron chi connectivity index (χ2n) is 14.5. The Morgan fingerprint density at radius 3 is 2.42 bits per heavy atom. The van der Waals surface area contributed by atoms with Crippen LogP contribution in [0.4, 0.5) is 5.69 Å². The van der Waals surface area contributed by atoms with E-state index in [1.807, 2.05) is 29.2 Å². The van der Waals surface area contributed by atoms with Gasteiger partial charge in [-0.1, -0.05) is 116 Å². The van der Waals surface area contributed by atoms with Crippen LogP contribution in [0.1, 0.15) is 70.0 Å². The Morgan fingerprint density at radius 2 is 1.60 bits per heavy atom. The maximum absolute atomic E-state index is 13.8. The molecule has 1 N–H and O–H groups in total. The summed E-state index contributed by atoms with van der Waals surface area (Å²) in [5.74, 6) is -1.67. The van der Waals surface area contributed by atoms with Gasteiger partial charge in [0.1, 0.15) is 0 Å². The van der Waals surface area contributed by atoms with Gasteiger partial charge in [0.15, 0.2) is 6.29 Å². The average Bonchev–Trinajstić information content (AvgIpc) is 3.47. The third kappa shape index (κ3) is 3.72. The quantitative estimate of drug-likeness (QED) is 0.231. The fourth-order valence-corrected chi connectivity index (χ4v) is 9.15. The lowest BCUT2D eigenvalue weighted by atomic mass is 9.80. The number of aldehydes is 1. The normalized spacial score (nSPS) is 23.7. The molecule has 4 nitrogen and oxygen atoms in total. The van der Waals surface area contributed by atoms with Crippen molar-refractivity contribution in [3.63, 3.8) is 0 Å². The van der Waals surface area contributed by atoms with E-state index in [-0.39, 0.29) is 17.5 Å². The van der Waals surface area contributed by atoms with E-state index in [4.69, 9.17) is 0 Å². The molecule has 48 heavy (non-hydrogen) atoms. The van der Waals surface area contributed by atoms with Crippen LogP contribution in [-0.2, 0) is 16.1 Å². The number of carbonyl (C=O) groups is 1. The van der Waals surface area contributed by atoms with Crippen LogP contribution in [0.3, 0.4) is 0 Å². The molecule has 0 amide bonds. The van der Waals surface area contributed by atoms with Crippen molar-refractivity contribution in [1.82, 2.24) is 4.90 Å². The predicted molar refractivity (Wildman–Crippen MR) is 193 cm³/mol. The molecular formula is C44H38N2O2. The molecule has 2 aliphatic carbocycles. The van der Waals surface area contributed by atoms with E-state index < -0.39 is 5.85 Å². The third-order valence-corrected chi connectivity index (χ3v) is 11.2. The Bertz CT molecular complexity index is 2260. The van der Waals surface area contributed by atoms with Crippen molar-refractivity contribution in [3.8, 4) is 11.1 Å². The van der Waals surface area contributed by atoms with Gasteiger partial charge in [0.2, 0.25) is 5.85 Å². The molecular weight excluding hydrogens is 588 g/mol. The monoisotopic (exact) mass is 626 g/mol. The number of nitrogens with zero attached hydrogens (tertiary/aromatic N) is 2. The van der Waals surface area contributed by atoms with Crippen LogP contribution in [0, 0.1) is 20.8 Å². The van der Waals surface area contributed by atoms with Crippen molar-refractivity contribution >= 4 is 17.5 Å². The minimum Gasteiger partial charge on any atom is -0.350 e. The maximum Gasteiger partial charge on any atom is 0.249 e. The largest absolute Gasteiger partial charge is 0.350 e. The van der Waals surface area contributed by atoms with Crippen molar-refractivity contribution in [2.75, 3.05) is 4.90 Å². The number of aryl methyl sites for hydroxylation is 3. The molecule has 3 aliphatic heterocycles. The molecule has 0 spiro atoms. The van der Waals surface area contributed by atoms with Crippen molar-refractivity contribution in [2.45, 2.75) is 58.0 Å². The number of carbonyl (C=O) groups excluding carboxylic acids is 1. The van der Waals surface area contributed by atoms with Gasteiger partial charge in [0, 0.05) is 22.2 Å². The van der Waals surface area contributed by atoms with Gasteiger partial charge < -0.3 is 14.9 Å². The van der Waals surface area contributed by atoms with Crippen LogP contribution in [-0.4, -0.2) is 22.3 Å². The first-order valence-electron chi connectivity index (χ1n) is 16.8. The van der Waals surface area contributed by atoms with Gasteiger partial charge in [-0.15, -0.1) is 0 Å². The standard InChI is InChI=1S/C44H38N2O2/c1-26-11-10-13-30(20-26)33-23-40-36-21-27(2)19-28(3)42(36)44(48,45-31(25-47)18-17-29-12-6-9-16-39(29)45)46(40)41-24-38-34(22-35(33)41)32-14-7-8-15-37(32)43(38,4)5/h6-25,39-40,48H,1-5H3. The highest BCUT2D eigenvalue weighted by Gasteiger charge is 2.58. The second kappa shape index (κ2) is 9.91. The summed E-state index contributed by atoms with van der Waals surface area (Å²) in [4.78, 5) is 17.1. The lowest BCUT2D eigenvalue weighted by Gasteiger charge is -2.52. The Kier molecular flexibility index (Phi) is 5.99. The molecule has 4 heteroatoms. The summed E-state index contributed by atoms with van der Waals surface area (Å²) in [5.41, 5.74) is 15.9. The van der Waals surface area contributed by atoms with Gasteiger partial charge in [0.25, 0.3) is 0 Å². The van der Waals surface area contributed by atoms with E-state index >= 15 is 0 Å². The van der Waals surface area contributed by atoms with Gasteiger partial charge in [-0.05, 0) is 95.1 Å². The second-order valence-corrected chi connectivity index (χ2v) is 14.5. The molecule has 0 fully saturated rings. The molecule has 4 aromatic rings.